The Morgan fingerprint density at radius 2 is 2.29 bits per heavy atom. The number of amides is 1. The number of aromatic nitrogens is 2. The lowest BCUT2D eigenvalue weighted by molar-refractivity contribution is -0.118. The molecule has 1 amide bonds. The third kappa shape index (κ3) is 1.14. The minimum absolute atomic E-state index is 0.182. The number of hydrogen-bond acceptors (Lipinski definition) is 2. The summed E-state index contributed by atoms with van der Waals surface area (Å²) in [4.78, 5) is 11.7. The fourth-order valence-electron chi connectivity index (χ4n) is 2.76. The second-order valence-electron chi connectivity index (χ2n) is 4.26. The van der Waals surface area contributed by atoms with Crippen LogP contribution in [0.25, 0.3) is 0 Å². The van der Waals surface area contributed by atoms with Gasteiger partial charge in [-0.05, 0) is 24.7 Å². The van der Waals surface area contributed by atoms with Gasteiger partial charge in [-0.2, -0.15) is 5.10 Å². The van der Waals surface area contributed by atoms with E-state index in [1.54, 1.807) is 12.4 Å². The molecule has 0 radical (unpaired) electrons. The van der Waals surface area contributed by atoms with Crippen molar-refractivity contribution in [1.82, 2.24) is 10.2 Å². The predicted octanol–water partition coefficient (Wildman–Crippen LogP) is 1.39. The molecule has 14 heavy (non-hydrogen) atoms. The van der Waals surface area contributed by atoms with Crippen molar-refractivity contribution in [3.05, 3.63) is 12.4 Å². The van der Waals surface area contributed by atoms with Crippen LogP contribution in [0.2, 0.25) is 0 Å². The van der Waals surface area contributed by atoms with Crippen LogP contribution in [-0.4, -0.2) is 16.1 Å². The van der Waals surface area contributed by atoms with E-state index < -0.39 is 0 Å². The molecule has 74 valence electrons. The Kier molecular flexibility index (Phi) is 1.63. The standard InChI is InChI=1S/C10H13N3O/c14-10(13-6-4-11-12-5-6)9-7-2-1-3-8(7)9/h4-5,7-9H,1-3H2,(H,11,12)(H,13,14). The van der Waals surface area contributed by atoms with Crippen LogP contribution in [0.4, 0.5) is 5.69 Å². The molecule has 2 atom stereocenters. The SMILES string of the molecule is O=C(Nc1cn[nH]c1)C1C2CCCC21. The van der Waals surface area contributed by atoms with Crippen molar-refractivity contribution in [2.45, 2.75) is 19.3 Å². The summed E-state index contributed by atoms with van der Waals surface area (Å²) < 4.78 is 0. The first-order chi connectivity index (χ1) is 6.86. The van der Waals surface area contributed by atoms with Gasteiger partial charge >= 0.3 is 0 Å². The van der Waals surface area contributed by atoms with E-state index in [9.17, 15) is 4.79 Å². The molecular weight excluding hydrogens is 178 g/mol. The molecule has 0 spiro atoms. The van der Waals surface area contributed by atoms with Crippen molar-refractivity contribution in [3.8, 4) is 0 Å². The summed E-state index contributed by atoms with van der Waals surface area (Å²) in [6, 6.07) is 0. The summed E-state index contributed by atoms with van der Waals surface area (Å²) in [7, 11) is 0. The molecule has 0 aliphatic heterocycles. The van der Waals surface area contributed by atoms with Crippen molar-refractivity contribution >= 4 is 11.6 Å². The van der Waals surface area contributed by atoms with Crippen LogP contribution in [0.5, 0.6) is 0 Å². The number of fused-ring (bicyclic) bond motifs is 1. The van der Waals surface area contributed by atoms with Gasteiger partial charge in [0, 0.05) is 12.1 Å². The molecule has 2 fully saturated rings. The normalized spacial score (nSPS) is 33.9. The number of anilines is 1. The second-order valence-corrected chi connectivity index (χ2v) is 4.26. The number of nitrogens with one attached hydrogen (secondary N) is 2. The smallest absolute Gasteiger partial charge is 0.228 e. The zero-order valence-electron chi connectivity index (χ0n) is 7.86. The van der Waals surface area contributed by atoms with Gasteiger partial charge in [0.15, 0.2) is 0 Å². The average molecular weight is 191 g/mol. The summed E-state index contributed by atoms with van der Waals surface area (Å²) in [6.45, 7) is 0. The van der Waals surface area contributed by atoms with Crippen LogP contribution >= 0.6 is 0 Å². The zero-order valence-corrected chi connectivity index (χ0v) is 7.86. The van der Waals surface area contributed by atoms with E-state index in [1.807, 2.05) is 0 Å². The molecule has 4 heteroatoms. The van der Waals surface area contributed by atoms with Crippen molar-refractivity contribution in [1.29, 1.82) is 0 Å². The van der Waals surface area contributed by atoms with E-state index in [2.05, 4.69) is 15.5 Å². The number of H-pyrrole nitrogens is 1. The first kappa shape index (κ1) is 8.03. The number of rotatable bonds is 2. The van der Waals surface area contributed by atoms with Gasteiger partial charge in [-0.25, -0.2) is 0 Å². The first-order valence-electron chi connectivity index (χ1n) is 5.16. The molecule has 0 saturated heterocycles. The predicted molar refractivity (Wildman–Crippen MR) is 51.5 cm³/mol. The highest BCUT2D eigenvalue weighted by Crippen LogP contribution is 2.57. The van der Waals surface area contributed by atoms with E-state index in [-0.39, 0.29) is 5.91 Å². The maximum absolute atomic E-state index is 11.7. The lowest BCUT2D eigenvalue weighted by atomic mass is 10.1. The zero-order chi connectivity index (χ0) is 9.54. The van der Waals surface area contributed by atoms with Crippen LogP contribution in [-0.2, 0) is 4.79 Å². The number of carbonyl (C=O) groups excluding carboxylic acids is 1. The van der Waals surface area contributed by atoms with Gasteiger partial charge < -0.3 is 5.32 Å². The number of nitrogens with zero attached hydrogens (tertiary/aromatic N) is 1. The molecule has 2 N–H and O–H groups in total. The molecular formula is C10H13N3O. The average Bonchev–Trinajstić information content (AvgIpc) is 2.63. The van der Waals surface area contributed by atoms with Gasteiger partial charge in [0.25, 0.3) is 0 Å². The van der Waals surface area contributed by atoms with Crippen LogP contribution in [0.15, 0.2) is 12.4 Å². The van der Waals surface area contributed by atoms with Crippen molar-refractivity contribution < 1.29 is 4.79 Å². The van der Waals surface area contributed by atoms with Crippen LogP contribution in [0.3, 0.4) is 0 Å². The highest BCUT2D eigenvalue weighted by molar-refractivity contribution is 5.94. The lowest BCUT2D eigenvalue weighted by Gasteiger charge is -2.03. The number of carbonyl (C=O) groups is 1. The van der Waals surface area contributed by atoms with Gasteiger partial charge in [-0.3, -0.25) is 9.89 Å². The largest absolute Gasteiger partial charge is 0.323 e. The molecule has 4 nitrogen and oxygen atoms in total. The third-order valence-electron chi connectivity index (χ3n) is 3.48. The topological polar surface area (TPSA) is 57.8 Å². The molecule has 1 aromatic heterocycles. The van der Waals surface area contributed by atoms with E-state index >= 15 is 0 Å². The van der Waals surface area contributed by atoms with Crippen LogP contribution in [0.1, 0.15) is 19.3 Å². The van der Waals surface area contributed by atoms with E-state index in [4.69, 9.17) is 0 Å². The van der Waals surface area contributed by atoms with Crippen molar-refractivity contribution in [2.24, 2.45) is 17.8 Å². The van der Waals surface area contributed by atoms with Crippen molar-refractivity contribution in [2.75, 3.05) is 5.32 Å². The van der Waals surface area contributed by atoms with E-state index in [1.165, 1.54) is 19.3 Å². The number of hydrogen-bond donors (Lipinski definition) is 2. The molecule has 0 bridgehead atoms. The van der Waals surface area contributed by atoms with Gasteiger partial charge in [-0.1, -0.05) is 6.42 Å². The van der Waals surface area contributed by atoms with Gasteiger partial charge in [0.05, 0.1) is 11.9 Å². The Bertz CT molecular complexity index is 336. The molecule has 1 heterocycles. The molecule has 3 rings (SSSR count). The highest BCUT2D eigenvalue weighted by atomic mass is 16.2. The third-order valence-corrected chi connectivity index (χ3v) is 3.48. The summed E-state index contributed by atoms with van der Waals surface area (Å²) >= 11 is 0. The molecule has 1 aromatic rings. The molecule has 2 saturated carbocycles. The first-order valence-corrected chi connectivity index (χ1v) is 5.16. The second kappa shape index (κ2) is 2.83. The molecule has 2 aliphatic rings. The Hall–Kier alpha value is -1.32. The van der Waals surface area contributed by atoms with Crippen LogP contribution < -0.4 is 5.32 Å². The summed E-state index contributed by atoms with van der Waals surface area (Å²) in [5.74, 6) is 1.84. The van der Waals surface area contributed by atoms with Gasteiger partial charge in [0.2, 0.25) is 5.91 Å². The Morgan fingerprint density at radius 3 is 2.93 bits per heavy atom. The molecule has 2 aliphatic carbocycles. The van der Waals surface area contributed by atoms with Gasteiger partial charge in [-0.15, -0.1) is 0 Å². The monoisotopic (exact) mass is 191 g/mol. The van der Waals surface area contributed by atoms with Crippen molar-refractivity contribution in [3.63, 3.8) is 0 Å². The summed E-state index contributed by atoms with van der Waals surface area (Å²) in [5.41, 5.74) is 0.778. The Labute approximate surface area is 82.1 Å². The quantitative estimate of drug-likeness (QED) is 0.742. The lowest BCUT2D eigenvalue weighted by Crippen LogP contribution is -2.16. The molecule has 2 unspecified atom stereocenters. The Balaban J connectivity index is 1.62. The minimum Gasteiger partial charge on any atom is -0.323 e. The maximum Gasteiger partial charge on any atom is 0.228 e. The maximum atomic E-state index is 11.7. The van der Waals surface area contributed by atoms with E-state index in [0.29, 0.717) is 17.8 Å². The molecule has 0 aromatic carbocycles. The fourth-order valence-corrected chi connectivity index (χ4v) is 2.76. The van der Waals surface area contributed by atoms with Crippen LogP contribution in [0, 0.1) is 17.8 Å². The summed E-state index contributed by atoms with van der Waals surface area (Å²) in [6.07, 6.45) is 7.14. The Morgan fingerprint density at radius 1 is 1.50 bits per heavy atom. The summed E-state index contributed by atoms with van der Waals surface area (Å²) in [5, 5.41) is 9.35. The van der Waals surface area contributed by atoms with Gasteiger partial charge in [0.1, 0.15) is 0 Å². The highest BCUT2D eigenvalue weighted by Gasteiger charge is 2.56. The minimum atomic E-state index is 0.182. The fraction of sp³-hybridized carbons (Fsp3) is 0.600. The number of aromatic amines is 1. The van der Waals surface area contributed by atoms with E-state index in [0.717, 1.165) is 5.69 Å².